The van der Waals surface area contributed by atoms with Crippen molar-refractivity contribution in [3.8, 4) is 0 Å². The topological polar surface area (TPSA) is 75.4 Å². The number of hydrogen-bond donors (Lipinski definition) is 2. The van der Waals surface area contributed by atoms with Crippen molar-refractivity contribution < 1.29 is 9.59 Å². The molecule has 2 aliphatic rings. The first-order valence-corrected chi connectivity index (χ1v) is 9.36. The van der Waals surface area contributed by atoms with E-state index >= 15 is 0 Å². The lowest BCUT2D eigenvalue weighted by atomic mass is 9.71. The number of piperidine rings is 1. The maximum absolute atomic E-state index is 12.8. The molecule has 24 heavy (non-hydrogen) atoms. The lowest BCUT2D eigenvalue weighted by Crippen LogP contribution is -2.47. The third-order valence-electron chi connectivity index (χ3n) is 5.57. The van der Waals surface area contributed by atoms with Crippen molar-refractivity contribution in [3.63, 3.8) is 0 Å². The third kappa shape index (κ3) is 5.62. The van der Waals surface area contributed by atoms with Gasteiger partial charge in [-0.2, -0.15) is 0 Å². The Morgan fingerprint density at radius 3 is 2.54 bits per heavy atom. The summed E-state index contributed by atoms with van der Waals surface area (Å²) in [6.07, 6.45) is 9.10. The van der Waals surface area contributed by atoms with Crippen molar-refractivity contribution in [2.75, 3.05) is 26.2 Å². The van der Waals surface area contributed by atoms with E-state index in [4.69, 9.17) is 5.73 Å². The summed E-state index contributed by atoms with van der Waals surface area (Å²) in [7, 11) is 0. The highest BCUT2D eigenvalue weighted by Gasteiger charge is 2.36. The molecule has 1 aliphatic carbocycles. The van der Waals surface area contributed by atoms with Crippen LogP contribution < -0.4 is 11.1 Å². The highest BCUT2D eigenvalue weighted by atomic mass is 35.5. The van der Waals surface area contributed by atoms with E-state index in [0.717, 1.165) is 45.2 Å². The standard InChI is InChI=1S/C18H33N3O2.ClH/c1-2-10-20-17(23)15-7-6-11-21(13-15)16(22)12-18(14-19)8-4-3-5-9-18;/h15H,2-14,19H2,1H3,(H,20,23);1H. The number of carbonyl (C=O) groups is 2. The summed E-state index contributed by atoms with van der Waals surface area (Å²) in [6.45, 7) is 4.74. The van der Waals surface area contributed by atoms with Crippen molar-refractivity contribution in [2.24, 2.45) is 17.1 Å². The zero-order chi connectivity index (χ0) is 16.7. The summed E-state index contributed by atoms with van der Waals surface area (Å²) in [6, 6.07) is 0. The minimum atomic E-state index is -0.0422. The van der Waals surface area contributed by atoms with Gasteiger partial charge in [-0.1, -0.05) is 26.2 Å². The molecule has 0 aromatic rings. The molecule has 0 spiro atoms. The molecule has 2 amide bonds. The van der Waals surface area contributed by atoms with E-state index in [2.05, 4.69) is 5.32 Å². The van der Waals surface area contributed by atoms with Crippen molar-refractivity contribution in [1.29, 1.82) is 0 Å². The van der Waals surface area contributed by atoms with Crippen LogP contribution in [0.5, 0.6) is 0 Å². The van der Waals surface area contributed by atoms with Crippen LogP contribution in [-0.4, -0.2) is 42.9 Å². The van der Waals surface area contributed by atoms with Gasteiger partial charge in [-0.05, 0) is 44.1 Å². The number of rotatable bonds is 6. The zero-order valence-electron chi connectivity index (χ0n) is 15.0. The van der Waals surface area contributed by atoms with Crippen LogP contribution in [0.4, 0.5) is 0 Å². The van der Waals surface area contributed by atoms with Gasteiger partial charge in [0.1, 0.15) is 0 Å². The van der Waals surface area contributed by atoms with Crippen LogP contribution in [0, 0.1) is 11.3 Å². The van der Waals surface area contributed by atoms with Gasteiger partial charge in [0.05, 0.1) is 5.92 Å². The van der Waals surface area contributed by atoms with Crippen LogP contribution in [0.1, 0.15) is 64.7 Å². The summed E-state index contributed by atoms with van der Waals surface area (Å²) in [4.78, 5) is 26.8. The first-order valence-electron chi connectivity index (χ1n) is 9.36. The lowest BCUT2D eigenvalue weighted by Gasteiger charge is -2.39. The van der Waals surface area contributed by atoms with E-state index in [1.165, 1.54) is 19.3 Å². The molecule has 1 heterocycles. The quantitative estimate of drug-likeness (QED) is 0.764. The molecule has 0 radical (unpaired) electrons. The molecule has 0 aromatic carbocycles. The first-order chi connectivity index (χ1) is 11.1. The minimum absolute atomic E-state index is 0. The number of likely N-dealkylation sites (tertiary alicyclic amines) is 1. The Morgan fingerprint density at radius 1 is 1.21 bits per heavy atom. The SMILES string of the molecule is CCCNC(=O)C1CCCN(C(=O)CC2(CN)CCCCC2)C1.Cl. The molecular formula is C18H34ClN3O2. The second kappa shape index (κ2) is 10.2. The average molecular weight is 360 g/mol. The molecule has 1 saturated carbocycles. The third-order valence-corrected chi connectivity index (χ3v) is 5.57. The van der Waals surface area contributed by atoms with E-state index in [1.54, 1.807) is 0 Å². The summed E-state index contributed by atoms with van der Waals surface area (Å²) in [5.74, 6) is 0.264. The number of nitrogens with two attached hydrogens (primary N) is 1. The van der Waals surface area contributed by atoms with Gasteiger partial charge < -0.3 is 16.0 Å². The Morgan fingerprint density at radius 2 is 1.92 bits per heavy atom. The number of halogens is 1. The molecule has 2 fully saturated rings. The fraction of sp³-hybridized carbons (Fsp3) is 0.889. The number of carbonyl (C=O) groups excluding carboxylic acids is 2. The van der Waals surface area contributed by atoms with Gasteiger partial charge in [-0.3, -0.25) is 9.59 Å². The number of hydrogen-bond acceptors (Lipinski definition) is 3. The Balaban J connectivity index is 0.00000288. The highest BCUT2D eigenvalue weighted by Crippen LogP contribution is 2.39. The summed E-state index contributed by atoms with van der Waals surface area (Å²) >= 11 is 0. The van der Waals surface area contributed by atoms with Crippen LogP contribution >= 0.6 is 12.4 Å². The second-order valence-electron chi connectivity index (χ2n) is 7.41. The van der Waals surface area contributed by atoms with Crippen LogP contribution in [0.15, 0.2) is 0 Å². The zero-order valence-corrected chi connectivity index (χ0v) is 15.8. The lowest BCUT2D eigenvalue weighted by molar-refractivity contribution is -0.138. The molecule has 0 aromatic heterocycles. The van der Waals surface area contributed by atoms with Crippen LogP contribution in [0.2, 0.25) is 0 Å². The first kappa shape index (κ1) is 21.2. The fourth-order valence-electron chi connectivity index (χ4n) is 4.00. The maximum Gasteiger partial charge on any atom is 0.224 e. The van der Waals surface area contributed by atoms with Crippen molar-refractivity contribution >= 4 is 24.2 Å². The molecule has 5 nitrogen and oxygen atoms in total. The summed E-state index contributed by atoms with van der Waals surface area (Å²) < 4.78 is 0. The molecule has 1 aliphatic heterocycles. The smallest absolute Gasteiger partial charge is 0.224 e. The molecule has 2 rings (SSSR count). The summed E-state index contributed by atoms with van der Waals surface area (Å²) in [5.41, 5.74) is 6.02. The number of nitrogens with zero attached hydrogens (tertiary/aromatic N) is 1. The van der Waals surface area contributed by atoms with Gasteiger partial charge in [0.25, 0.3) is 0 Å². The molecule has 6 heteroatoms. The van der Waals surface area contributed by atoms with Crippen molar-refractivity contribution in [1.82, 2.24) is 10.2 Å². The maximum atomic E-state index is 12.8. The van der Waals surface area contributed by atoms with Gasteiger partial charge in [-0.15, -0.1) is 12.4 Å². The van der Waals surface area contributed by atoms with E-state index in [1.807, 2.05) is 11.8 Å². The van der Waals surface area contributed by atoms with Crippen LogP contribution in [0.3, 0.4) is 0 Å². The molecule has 1 atom stereocenters. The van der Waals surface area contributed by atoms with Crippen molar-refractivity contribution in [2.45, 2.75) is 64.7 Å². The van der Waals surface area contributed by atoms with Gasteiger partial charge in [0.2, 0.25) is 11.8 Å². The van der Waals surface area contributed by atoms with E-state index < -0.39 is 0 Å². The number of nitrogens with one attached hydrogen (secondary N) is 1. The van der Waals surface area contributed by atoms with Crippen molar-refractivity contribution in [3.05, 3.63) is 0 Å². The largest absolute Gasteiger partial charge is 0.356 e. The Hall–Kier alpha value is -0.810. The predicted octanol–water partition coefficient (Wildman–Crippen LogP) is 2.47. The molecule has 140 valence electrons. The van der Waals surface area contributed by atoms with E-state index in [9.17, 15) is 9.59 Å². The Labute approximate surface area is 152 Å². The molecule has 0 bridgehead atoms. The Bertz CT molecular complexity index is 411. The monoisotopic (exact) mass is 359 g/mol. The van der Waals surface area contributed by atoms with E-state index in [0.29, 0.717) is 19.5 Å². The normalized spacial score (nSPS) is 23.2. The molecule has 3 N–H and O–H groups in total. The summed E-state index contributed by atoms with van der Waals surface area (Å²) in [5, 5.41) is 2.96. The van der Waals surface area contributed by atoms with E-state index in [-0.39, 0.29) is 35.6 Å². The molecule has 1 unspecified atom stereocenters. The van der Waals surface area contributed by atoms with Gasteiger partial charge in [0, 0.05) is 26.1 Å². The van der Waals surface area contributed by atoms with Crippen LogP contribution in [-0.2, 0) is 9.59 Å². The average Bonchev–Trinajstić information content (AvgIpc) is 2.60. The Kier molecular flexibility index (Phi) is 9.06. The predicted molar refractivity (Wildman–Crippen MR) is 99.0 cm³/mol. The molecule has 1 saturated heterocycles. The highest BCUT2D eigenvalue weighted by molar-refractivity contribution is 5.85. The fourth-order valence-corrected chi connectivity index (χ4v) is 4.00. The number of amides is 2. The second-order valence-corrected chi connectivity index (χ2v) is 7.41. The molecular weight excluding hydrogens is 326 g/mol. The van der Waals surface area contributed by atoms with Gasteiger partial charge in [0.15, 0.2) is 0 Å². The van der Waals surface area contributed by atoms with Gasteiger partial charge in [-0.25, -0.2) is 0 Å². The van der Waals surface area contributed by atoms with Crippen LogP contribution in [0.25, 0.3) is 0 Å². The van der Waals surface area contributed by atoms with Gasteiger partial charge >= 0.3 is 0 Å². The minimum Gasteiger partial charge on any atom is -0.356 e.